The summed E-state index contributed by atoms with van der Waals surface area (Å²) in [4.78, 5) is 24.9. The molecule has 0 unspecified atom stereocenters. The van der Waals surface area contributed by atoms with E-state index in [2.05, 4.69) is 0 Å². The minimum Gasteiger partial charge on any atom is -0.484 e. The van der Waals surface area contributed by atoms with E-state index in [1.807, 2.05) is 0 Å². The Balaban J connectivity index is 1.98. The van der Waals surface area contributed by atoms with Crippen LogP contribution >= 0.6 is 0 Å². The van der Waals surface area contributed by atoms with Gasteiger partial charge in [-0.1, -0.05) is 12.1 Å². The lowest BCUT2D eigenvalue weighted by molar-refractivity contribution is -0.130. The number of ether oxygens (including phenoxy) is 1. The van der Waals surface area contributed by atoms with Gasteiger partial charge >= 0.3 is 0 Å². The largest absolute Gasteiger partial charge is 0.484 e. The van der Waals surface area contributed by atoms with Crippen molar-refractivity contribution in [3.63, 3.8) is 0 Å². The molecule has 0 spiro atoms. The molecule has 0 heterocycles. The maximum atomic E-state index is 13.1. The number of amides is 1. The maximum Gasteiger partial charge on any atom is 0.259 e. The first-order chi connectivity index (χ1) is 11.9. The van der Waals surface area contributed by atoms with Crippen molar-refractivity contribution >= 4 is 17.8 Å². The van der Waals surface area contributed by atoms with Gasteiger partial charge in [-0.2, -0.15) is 0 Å². The van der Waals surface area contributed by atoms with Crippen molar-refractivity contribution in [1.29, 1.82) is 0 Å². The summed E-state index contributed by atoms with van der Waals surface area (Å²) in [5.74, 6) is -1.90. The Labute approximate surface area is 144 Å². The molecule has 0 bridgehead atoms. The number of ketones is 1. The molecule has 0 aliphatic carbocycles. The minimum absolute atomic E-state index is 0.0870. The van der Waals surface area contributed by atoms with Crippen LogP contribution in [0.15, 0.2) is 48.5 Å². The van der Waals surface area contributed by atoms with Crippen molar-refractivity contribution in [2.75, 3.05) is 20.7 Å². The smallest absolute Gasteiger partial charge is 0.259 e. The van der Waals surface area contributed by atoms with Gasteiger partial charge in [0.1, 0.15) is 5.75 Å². The van der Waals surface area contributed by atoms with Gasteiger partial charge in [-0.3, -0.25) is 9.59 Å². The standard InChI is InChI=1S/C19H17F2NO3/c1-22(2)19(24)12-25-15-7-5-14(6-8-15)18(23)10-4-13-3-9-16(20)17(21)11-13/h3-11H,12H2,1-2H3/b10-4+. The quantitative estimate of drug-likeness (QED) is 0.596. The lowest BCUT2D eigenvalue weighted by Crippen LogP contribution is -2.27. The predicted molar refractivity (Wildman–Crippen MR) is 90.4 cm³/mol. The average Bonchev–Trinajstić information content (AvgIpc) is 2.60. The molecule has 0 saturated heterocycles. The molecule has 0 fully saturated rings. The van der Waals surface area contributed by atoms with E-state index in [0.29, 0.717) is 16.9 Å². The topological polar surface area (TPSA) is 46.6 Å². The Morgan fingerprint density at radius 1 is 1.04 bits per heavy atom. The Hall–Kier alpha value is -3.02. The normalized spacial score (nSPS) is 10.7. The summed E-state index contributed by atoms with van der Waals surface area (Å²) >= 11 is 0. The van der Waals surface area contributed by atoms with Crippen LogP contribution < -0.4 is 4.74 Å². The van der Waals surface area contributed by atoms with Crippen LogP contribution in [0.5, 0.6) is 5.75 Å². The van der Waals surface area contributed by atoms with Crippen molar-refractivity contribution < 1.29 is 23.1 Å². The first-order valence-electron chi connectivity index (χ1n) is 7.47. The second-order valence-corrected chi connectivity index (χ2v) is 5.47. The van der Waals surface area contributed by atoms with Gasteiger partial charge in [-0.15, -0.1) is 0 Å². The Morgan fingerprint density at radius 2 is 1.72 bits per heavy atom. The predicted octanol–water partition coefficient (Wildman–Crippen LogP) is 3.33. The number of hydrogen-bond donors (Lipinski definition) is 0. The number of likely N-dealkylation sites (N-methyl/N-ethyl adjacent to an activating group) is 1. The molecule has 0 aliphatic heterocycles. The molecule has 4 nitrogen and oxygen atoms in total. The number of allylic oxidation sites excluding steroid dienone is 1. The second kappa shape index (κ2) is 8.19. The molecule has 0 N–H and O–H groups in total. The molecular formula is C19H17F2NO3. The molecular weight excluding hydrogens is 328 g/mol. The Morgan fingerprint density at radius 3 is 2.32 bits per heavy atom. The van der Waals surface area contributed by atoms with E-state index in [1.165, 1.54) is 23.1 Å². The number of carbonyl (C=O) groups is 2. The minimum atomic E-state index is -0.969. The summed E-state index contributed by atoms with van der Waals surface area (Å²) in [6.45, 7) is -0.0870. The highest BCUT2D eigenvalue weighted by atomic mass is 19.2. The summed E-state index contributed by atoms with van der Waals surface area (Å²) in [6, 6.07) is 9.68. The van der Waals surface area contributed by atoms with Gasteiger partial charge < -0.3 is 9.64 Å². The van der Waals surface area contributed by atoms with Gasteiger partial charge in [0.15, 0.2) is 24.0 Å². The van der Waals surface area contributed by atoms with Crippen LogP contribution in [0.3, 0.4) is 0 Å². The fourth-order valence-electron chi connectivity index (χ4n) is 1.87. The maximum absolute atomic E-state index is 13.1. The molecule has 1 amide bonds. The zero-order valence-corrected chi connectivity index (χ0v) is 13.8. The van der Waals surface area contributed by atoms with Crippen molar-refractivity contribution in [2.45, 2.75) is 0 Å². The van der Waals surface area contributed by atoms with Gasteiger partial charge in [0, 0.05) is 19.7 Å². The zero-order valence-electron chi connectivity index (χ0n) is 13.8. The van der Waals surface area contributed by atoms with E-state index < -0.39 is 11.6 Å². The first-order valence-corrected chi connectivity index (χ1v) is 7.47. The molecule has 0 radical (unpaired) electrons. The summed E-state index contributed by atoms with van der Waals surface area (Å²) in [5, 5.41) is 0. The van der Waals surface area contributed by atoms with Gasteiger partial charge in [0.25, 0.3) is 5.91 Å². The van der Waals surface area contributed by atoms with Crippen molar-refractivity contribution in [2.24, 2.45) is 0 Å². The fourth-order valence-corrected chi connectivity index (χ4v) is 1.87. The van der Waals surface area contributed by atoms with Crippen molar-refractivity contribution in [3.05, 3.63) is 71.3 Å². The molecule has 130 valence electrons. The van der Waals surface area contributed by atoms with E-state index >= 15 is 0 Å². The van der Waals surface area contributed by atoms with Crippen molar-refractivity contribution in [1.82, 2.24) is 4.90 Å². The number of nitrogens with zero attached hydrogens (tertiary/aromatic N) is 1. The van der Waals surface area contributed by atoms with E-state index in [4.69, 9.17) is 4.74 Å². The molecule has 0 atom stereocenters. The third-order valence-electron chi connectivity index (χ3n) is 3.37. The van der Waals surface area contributed by atoms with Crippen LogP contribution in [-0.4, -0.2) is 37.3 Å². The third kappa shape index (κ3) is 5.24. The zero-order chi connectivity index (χ0) is 18.4. The van der Waals surface area contributed by atoms with Gasteiger partial charge in [-0.25, -0.2) is 8.78 Å². The van der Waals surface area contributed by atoms with E-state index in [0.717, 1.165) is 12.1 Å². The van der Waals surface area contributed by atoms with E-state index in [1.54, 1.807) is 38.4 Å². The van der Waals surface area contributed by atoms with Crippen LogP contribution in [0.2, 0.25) is 0 Å². The van der Waals surface area contributed by atoms with E-state index in [-0.39, 0.29) is 18.3 Å². The third-order valence-corrected chi connectivity index (χ3v) is 3.37. The van der Waals surface area contributed by atoms with Crippen LogP contribution in [0.1, 0.15) is 15.9 Å². The van der Waals surface area contributed by atoms with Gasteiger partial charge in [-0.05, 0) is 48.0 Å². The number of rotatable bonds is 6. The lowest BCUT2D eigenvalue weighted by Gasteiger charge is -2.11. The highest BCUT2D eigenvalue weighted by Gasteiger charge is 2.06. The summed E-state index contributed by atoms with van der Waals surface area (Å²) in [5.41, 5.74) is 0.791. The number of benzene rings is 2. The van der Waals surface area contributed by atoms with Crippen LogP contribution in [-0.2, 0) is 4.79 Å². The summed E-state index contributed by atoms with van der Waals surface area (Å²) in [7, 11) is 3.26. The second-order valence-electron chi connectivity index (χ2n) is 5.47. The summed E-state index contributed by atoms with van der Waals surface area (Å²) in [6.07, 6.45) is 2.68. The average molecular weight is 345 g/mol. The molecule has 2 rings (SSSR count). The number of halogens is 2. The molecule has 2 aromatic carbocycles. The van der Waals surface area contributed by atoms with Crippen molar-refractivity contribution in [3.8, 4) is 5.75 Å². The molecule has 0 aromatic heterocycles. The first kappa shape index (κ1) is 18.3. The molecule has 0 saturated carbocycles. The van der Waals surface area contributed by atoms with Crippen LogP contribution in [0, 0.1) is 11.6 Å². The lowest BCUT2D eigenvalue weighted by atomic mass is 10.1. The van der Waals surface area contributed by atoms with Gasteiger partial charge in [0.05, 0.1) is 0 Å². The molecule has 6 heteroatoms. The van der Waals surface area contributed by atoms with E-state index in [9.17, 15) is 18.4 Å². The Kier molecular flexibility index (Phi) is 6.00. The van der Waals surface area contributed by atoms with Crippen LogP contribution in [0.25, 0.3) is 6.08 Å². The Bertz CT molecular complexity index is 799. The SMILES string of the molecule is CN(C)C(=O)COc1ccc(C(=O)/C=C/c2ccc(F)c(F)c2)cc1. The van der Waals surface area contributed by atoms with Crippen LogP contribution in [0.4, 0.5) is 8.78 Å². The summed E-state index contributed by atoms with van der Waals surface area (Å²) < 4.78 is 31.3. The molecule has 2 aromatic rings. The monoisotopic (exact) mass is 345 g/mol. The highest BCUT2D eigenvalue weighted by Crippen LogP contribution is 2.14. The molecule has 0 aliphatic rings. The number of carbonyl (C=O) groups excluding carboxylic acids is 2. The highest BCUT2D eigenvalue weighted by molar-refractivity contribution is 6.06. The molecule has 25 heavy (non-hydrogen) atoms. The number of hydrogen-bond acceptors (Lipinski definition) is 3. The van der Waals surface area contributed by atoms with Gasteiger partial charge in [0.2, 0.25) is 0 Å². The fraction of sp³-hybridized carbons (Fsp3) is 0.158.